The zero-order valence-corrected chi connectivity index (χ0v) is 9.17. The molecule has 0 aromatic heterocycles. The summed E-state index contributed by atoms with van der Waals surface area (Å²) >= 11 is 0. The van der Waals surface area contributed by atoms with E-state index in [-0.39, 0.29) is 0 Å². The lowest BCUT2D eigenvalue weighted by Gasteiger charge is -2.14. The largest absolute Gasteiger partial charge is 0.0693 e. The zero-order chi connectivity index (χ0) is 9.03. The fourth-order valence-corrected chi connectivity index (χ4v) is 1.89. The average molecular weight is 177 g/mol. The maximum absolute atomic E-state index is 2.49. The van der Waals surface area contributed by atoms with Crippen molar-refractivity contribution in [2.45, 2.75) is 26.1 Å². The molecule has 1 heteroatoms. The van der Waals surface area contributed by atoms with E-state index in [1.54, 1.807) is 0 Å². The van der Waals surface area contributed by atoms with Crippen LogP contribution in [0.3, 0.4) is 0 Å². The minimum atomic E-state index is -0.965. The van der Waals surface area contributed by atoms with Crippen molar-refractivity contribution in [3.63, 3.8) is 0 Å². The standard InChI is InChI=1S/C11H17Si/c1-12(2,3)10-9-11-7-5-4-6-8-11/h4-8,10H,9H2,1-3H3. The van der Waals surface area contributed by atoms with Gasteiger partial charge in [-0.3, -0.25) is 0 Å². The third-order valence-corrected chi connectivity index (χ3v) is 3.22. The highest BCUT2D eigenvalue weighted by molar-refractivity contribution is 6.79. The van der Waals surface area contributed by atoms with Crippen LogP contribution in [0.1, 0.15) is 5.56 Å². The summed E-state index contributed by atoms with van der Waals surface area (Å²) in [5.74, 6) is 0. The smallest absolute Gasteiger partial charge is 0.0477 e. The summed E-state index contributed by atoms with van der Waals surface area (Å²) in [7, 11) is -0.965. The van der Waals surface area contributed by atoms with E-state index in [1.165, 1.54) is 5.56 Å². The minimum Gasteiger partial charge on any atom is -0.0693 e. The van der Waals surface area contributed by atoms with E-state index in [0.29, 0.717) is 0 Å². The van der Waals surface area contributed by atoms with Gasteiger partial charge in [0.05, 0.1) is 0 Å². The summed E-state index contributed by atoms with van der Waals surface area (Å²) in [4.78, 5) is 0. The summed E-state index contributed by atoms with van der Waals surface area (Å²) < 4.78 is 0. The zero-order valence-electron chi connectivity index (χ0n) is 8.17. The second kappa shape index (κ2) is 3.90. The molecule has 1 aromatic rings. The second-order valence-electron chi connectivity index (χ2n) is 4.26. The summed E-state index contributed by atoms with van der Waals surface area (Å²) in [6, 6.07) is 13.1. The molecule has 0 nitrogen and oxygen atoms in total. The number of rotatable bonds is 3. The Hall–Kier alpha value is -0.563. The van der Waals surface area contributed by atoms with Crippen molar-refractivity contribution in [1.29, 1.82) is 0 Å². The summed E-state index contributed by atoms with van der Waals surface area (Å²) in [6.07, 6.45) is 1.14. The molecule has 0 aliphatic rings. The quantitative estimate of drug-likeness (QED) is 0.621. The van der Waals surface area contributed by atoms with Crippen LogP contribution in [0, 0.1) is 6.04 Å². The monoisotopic (exact) mass is 177 g/mol. The van der Waals surface area contributed by atoms with E-state index in [0.717, 1.165) is 6.42 Å². The van der Waals surface area contributed by atoms with Crippen LogP contribution in [0.25, 0.3) is 0 Å². The van der Waals surface area contributed by atoms with E-state index < -0.39 is 8.07 Å². The fraction of sp³-hybridized carbons (Fsp3) is 0.364. The Morgan fingerprint density at radius 3 is 2.17 bits per heavy atom. The predicted octanol–water partition coefficient (Wildman–Crippen LogP) is 3.31. The van der Waals surface area contributed by atoms with Gasteiger partial charge in [0, 0.05) is 8.07 Å². The molecule has 0 N–H and O–H groups in total. The van der Waals surface area contributed by atoms with Crippen LogP contribution >= 0.6 is 0 Å². The summed E-state index contributed by atoms with van der Waals surface area (Å²) in [6.45, 7) is 7.11. The molecule has 0 amide bonds. The van der Waals surface area contributed by atoms with Gasteiger partial charge in [-0.25, -0.2) is 0 Å². The van der Waals surface area contributed by atoms with Crippen LogP contribution in [-0.4, -0.2) is 8.07 Å². The molecule has 1 rings (SSSR count). The van der Waals surface area contributed by atoms with E-state index in [1.807, 2.05) is 0 Å². The molecule has 0 spiro atoms. The minimum absolute atomic E-state index is 0.965. The van der Waals surface area contributed by atoms with Crippen LogP contribution in [0.5, 0.6) is 0 Å². The first-order valence-electron chi connectivity index (χ1n) is 4.46. The molecule has 1 aromatic carbocycles. The SMILES string of the molecule is C[Si](C)(C)[CH]Cc1ccccc1. The maximum Gasteiger partial charge on any atom is 0.0477 e. The third kappa shape index (κ3) is 3.72. The Kier molecular flexibility index (Phi) is 3.10. The van der Waals surface area contributed by atoms with Gasteiger partial charge in [0.15, 0.2) is 0 Å². The Balaban J connectivity index is 2.44. The van der Waals surface area contributed by atoms with Gasteiger partial charge in [-0.2, -0.15) is 0 Å². The maximum atomic E-state index is 2.49. The number of benzene rings is 1. The van der Waals surface area contributed by atoms with E-state index in [9.17, 15) is 0 Å². The highest BCUT2D eigenvalue weighted by atomic mass is 28.3. The normalized spacial score (nSPS) is 11.6. The molecule has 0 bridgehead atoms. The van der Waals surface area contributed by atoms with Gasteiger partial charge >= 0.3 is 0 Å². The van der Waals surface area contributed by atoms with Crippen molar-refractivity contribution >= 4 is 8.07 Å². The van der Waals surface area contributed by atoms with Gasteiger partial charge in [-0.1, -0.05) is 50.0 Å². The summed E-state index contributed by atoms with van der Waals surface area (Å²) in [5.41, 5.74) is 1.43. The Labute approximate surface area is 76.6 Å². The van der Waals surface area contributed by atoms with E-state index >= 15 is 0 Å². The van der Waals surface area contributed by atoms with Crippen molar-refractivity contribution < 1.29 is 0 Å². The van der Waals surface area contributed by atoms with E-state index in [2.05, 4.69) is 56.0 Å². The number of hydrogen-bond acceptors (Lipinski definition) is 0. The van der Waals surface area contributed by atoms with Crippen molar-refractivity contribution in [2.24, 2.45) is 0 Å². The molecule has 0 heterocycles. The first-order valence-corrected chi connectivity index (χ1v) is 8.04. The molecular weight excluding hydrogens is 160 g/mol. The van der Waals surface area contributed by atoms with Gasteiger partial charge in [-0.15, -0.1) is 0 Å². The number of hydrogen-bond donors (Lipinski definition) is 0. The van der Waals surface area contributed by atoms with Crippen molar-refractivity contribution in [1.82, 2.24) is 0 Å². The van der Waals surface area contributed by atoms with E-state index in [4.69, 9.17) is 0 Å². The lowest BCUT2D eigenvalue weighted by Crippen LogP contribution is -2.22. The molecule has 0 aliphatic carbocycles. The van der Waals surface area contributed by atoms with Crippen LogP contribution in [-0.2, 0) is 6.42 Å². The first kappa shape index (κ1) is 9.52. The van der Waals surface area contributed by atoms with Gasteiger partial charge in [0.2, 0.25) is 0 Å². The average Bonchev–Trinajstić information content (AvgIpc) is 2.02. The molecule has 0 atom stereocenters. The van der Waals surface area contributed by atoms with Crippen LogP contribution in [0.15, 0.2) is 30.3 Å². The van der Waals surface area contributed by atoms with Gasteiger partial charge in [-0.05, 0) is 18.0 Å². The molecule has 0 saturated carbocycles. The highest BCUT2D eigenvalue weighted by Gasteiger charge is 2.12. The van der Waals surface area contributed by atoms with Crippen molar-refractivity contribution in [3.8, 4) is 0 Å². The lowest BCUT2D eigenvalue weighted by atomic mass is 10.2. The van der Waals surface area contributed by atoms with Crippen molar-refractivity contribution in [3.05, 3.63) is 41.9 Å². The van der Waals surface area contributed by atoms with Gasteiger partial charge < -0.3 is 0 Å². The topological polar surface area (TPSA) is 0 Å². The molecule has 0 aliphatic heterocycles. The molecular formula is C11H17Si. The molecule has 12 heavy (non-hydrogen) atoms. The second-order valence-corrected chi connectivity index (χ2v) is 9.40. The molecule has 65 valence electrons. The molecule has 1 radical (unpaired) electrons. The Morgan fingerprint density at radius 1 is 1.08 bits per heavy atom. The van der Waals surface area contributed by atoms with Gasteiger partial charge in [0.1, 0.15) is 0 Å². The highest BCUT2D eigenvalue weighted by Crippen LogP contribution is 2.10. The van der Waals surface area contributed by atoms with Crippen LogP contribution in [0.2, 0.25) is 19.6 Å². The van der Waals surface area contributed by atoms with Crippen LogP contribution < -0.4 is 0 Å². The third-order valence-electron chi connectivity index (χ3n) is 1.79. The van der Waals surface area contributed by atoms with Crippen LogP contribution in [0.4, 0.5) is 0 Å². The van der Waals surface area contributed by atoms with Crippen molar-refractivity contribution in [2.75, 3.05) is 0 Å². The Morgan fingerprint density at radius 2 is 1.67 bits per heavy atom. The predicted molar refractivity (Wildman–Crippen MR) is 57.8 cm³/mol. The molecule has 0 saturated heterocycles. The van der Waals surface area contributed by atoms with Gasteiger partial charge in [0.25, 0.3) is 0 Å². The first-order chi connectivity index (χ1) is 5.58. The molecule has 0 fully saturated rings. The Bertz CT molecular complexity index is 221. The fourth-order valence-electron chi connectivity index (χ4n) is 1.04. The lowest BCUT2D eigenvalue weighted by molar-refractivity contribution is 1.21. The summed E-state index contributed by atoms with van der Waals surface area (Å²) in [5, 5.41) is 0. The molecule has 0 unspecified atom stereocenters.